The number of amides is 1. The van der Waals surface area contributed by atoms with E-state index in [2.05, 4.69) is 10.1 Å². The topological polar surface area (TPSA) is 75.9 Å². The molecule has 3 heterocycles. The number of benzene rings is 1. The van der Waals surface area contributed by atoms with E-state index in [1.54, 1.807) is 6.20 Å². The molecule has 0 radical (unpaired) electrons. The minimum Gasteiger partial charge on any atom is -0.341 e. The van der Waals surface area contributed by atoms with Crippen molar-refractivity contribution >= 4 is 16.9 Å². The normalized spacial score (nSPS) is 15.9. The van der Waals surface area contributed by atoms with Gasteiger partial charge in [0, 0.05) is 25.5 Å². The van der Waals surface area contributed by atoms with Gasteiger partial charge in [-0.1, -0.05) is 12.1 Å². The number of likely N-dealkylation sites (tertiary alicyclic amines) is 1. The van der Waals surface area contributed by atoms with E-state index in [1.807, 2.05) is 46.1 Å². The molecule has 4 rings (SSSR count). The van der Waals surface area contributed by atoms with Crippen molar-refractivity contribution in [2.75, 3.05) is 13.1 Å². The number of carbonyl (C=O) groups is 1. The van der Waals surface area contributed by atoms with Crippen LogP contribution in [0, 0.1) is 0 Å². The molecule has 1 fully saturated rings. The lowest BCUT2D eigenvalue weighted by Crippen LogP contribution is -2.41. The molecule has 0 saturated carbocycles. The minimum atomic E-state index is -0.240. The van der Waals surface area contributed by atoms with E-state index < -0.39 is 0 Å². The Hall–Kier alpha value is -2.83. The lowest BCUT2D eigenvalue weighted by molar-refractivity contribution is -0.133. The number of fused-ring (bicyclic) bond motifs is 1. The molecule has 0 spiro atoms. The molecule has 1 N–H and O–H groups in total. The highest BCUT2D eigenvalue weighted by Crippen LogP contribution is 2.21. The SMILES string of the molecule is O=C(Cn1c(=O)[nH]c2ccccc21)N1CCC(n2cccn2)CC1. The van der Waals surface area contributed by atoms with Gasteiger partial charge in [0.2, 0.25) is 5.91 Å². The van der Waals surface area contributed by atoms with Crippen LogP contribution >= 0.6 is 0 Å². The van der Waals surface area contributed by atoms with Crippen LogP contribution in [0.1, 0.15) is 18.9 Å². The van der Waals surface area contributed by atoms with Crippen LogP contribution in [-0.2, 0) is 11.3 Å². The van der Waals surface area contributed by atoms with E-state index in [0.717, 1.165) is 23.9 Å². The molecule has 1 amide bonds. The van der Waals surface area contributed by atoms with Gasteiger partial charge in [-0.2, -0.15) is 5.10 Å². The molecule has 0 atom stereocenters. The first-order valence-electron chi connectivity index (χ1n) is 8.17. The zero-order chi connectivity index (χ0) is 16.5. The Morgan fingerprint density at radius 1 is 1.21 bits per heavy atom. The number of nitrogens with zero attached hydrogens (tertiary/aromatic N) is 4. The van der Waals surface area contributed by atoms with Gasteiger partial charge in [-0.3, -0.25) is 14.0 Å². The maximum absolute atomic E-state index is 12.6. The van der Waals surface area contributed by atoms with E-state index in [0.29, 0.717) is 19.1 Å². The molecule has 2 aromatic heterocycles. The number of para-hydroxylation sites is 2. The molecule has 7 heteroatoms. The van der Waals surface area contributed by atoms with Gasteiger partial charge in [0.05, 0.1) is 17.1 Å². The highest BCUT2D eigenvalue weighted by atomic mass is 16.2. The average Bonchev–Trinajstić information content (AvgIpc) is 3.24. The van der Waals surface area contributed by atoms with Gasteiger partial charge in [-0.05, 0) is 31.0 Å². The fourth-order valence-corrected chi connectivity index (χ4v) is 3.38. The molecule has 0 aliphatic carbocycles. The number of carbonyl (C=O) groups excluding carboxylic acids is 1. The van der Waals surface area contributed by atoms with E-state index in [9.17, 15) is 9.59 Å². The fourth-order valence-electron chi connectivity index (χ4n) is 3.38. The fraction of sp³-hybridized carbons (Fsp3) is 0.353. The lowest BCUT2D eigenvalue weighted by atomic mass is 10.1. The maximum Gasteiger partial charge on any atom is 0.326 e. The van der Waals surface area contributed by atoms with Gasteiger partial charge >= 0.3 is 5.69 Å². The smallest absolute Gasteiger partial charge is 0.326 e. The van der Waals surface area contributed by atoms with Crippen LogP contribution in [-0.4, -0.2) is 43.2 Å². The van der Waals surface area contributed by atoms with Crippen molar-refractivity contribution in [3.8, 4) is 0 Å². The summed E-state index contributed by atoms with van der Waals surface area (Å²) >= 11 is 0. The van der Waals surface area contributed by atoms with Gasteiger partial charge < -0.3 is 9.88 Å². The van der Waals surface area contributed by atoms with Crippen LogP contribution in [0.3, 0.4) is 0 Å². The van der Waals surface area contributed by atoms with Crippen LogP contribution in [0.25, 0.3) is 11.0 Å². The number of imidazole rings is 1. The van der Waals surface area contributed by atoms with Gasteiger partial charge in [-0.25, -0.2) is 4.79 Å². The Balaban J connectivity index is 1.45. The minimum absolute atomic E-state index is 0.0132. The monoisotopic (exact) mass is 325 g/mol. The van der Waals surface area contributed by atoms with Crippen molar-refractivity contribution in [2.24, 2.45) is 0 Å². The summed E-state index contributed by atoms with van der Waals surface area (Å²) < 4.78 is 3.48. The van der Waals surface area contributed by atoms with Crippen molar-refractivity contribution in [3.05, 3.63) is 53.2 Å². The quantitative estimate of drug-likeness (QED) is 0.790. The second-order valence-corrected chi connectivity index (χ2v) is 6.13. The van der Waals surface area contributed by atoms with Crippen molar-refractivity contribution < 1.29 is 4.79 Å². The number of aromatic nitrogens is 4. The first-order valence-corrected chi connectivity index (χ1v) is 8.17. The summed E-state index contributed by atoms with van der Waals surface area (Å²) in [4.78, 5) is 29.3. The third-order valence-corrected chi connectivity index (χ3v) is 4.69. The molecule has 24 heavy (non-hydrogen) atoms. The Labute approximate surface area is 138 Å². The molecule has 0 bridgehead atoms. The van der Waals surface area contributed by atoms with Crippen molar-refractivity contribution in [1.29, 1.82) is 0 Å². The summed E-state index contributed by atoms with van der Waals surface area (Å²) in [5, 5.41) is 4.28. The standard InChI is InChI=1S/C17H19N5O2/c23-16(12-21-15-5-2-1-4-14(15)19-17(21)24)20-10-6-13(7-11-20)22-9-3-8-18-22/h1-5,8-9,13H,6-7,10-12H2,(H,19,24). The second kappa shape index (κ2) is 5.99. The summed E-state index contributed by atoms with van der Waals surface area (Å²) in [5.74, 6) is -0.0132. The predicted molar refractivity (Wildman–Crippen MR) is 89.6 cm³/mol. The Morgan fingerprint density at radius 2 is 2.00 bits per heavy atom. The predicted octanol–water partition coefficient (Wildman–Crippen LogP) is 1.39. The number of hydrogen-bond acceptors (Lipinski definition) is 3. The summed E-state index contributed by atoms with van der Waals surface area (Å²) in [5.41, 5.74) is 1.28. The van der Waals surface area contributed by atoms with Crippen LogP contribution in [0.15, 0.2) is 47.5 Å². The largest absolute Gasteiger partial charge is 0.341 e. The summed E-state index contributed by atoms with van der Waals surface area (Å²) in [7, 11) is 0. The Kier molecular flexibility index (Phi) is 3.68. The van der Waals surface area contributed by atoms with Crippen LogP contribution < -0.4 is 5.69 Å². The first kappa shape index (κ1) is 14.7. The van der Waals surface area contributed by atoms with E-state index in [1.165, 1.54) is 4.57 Å². The van der Waals surface area contributed by atoms with Crippen LogP contribution in [0.2, 0.25) is 0 Å². The summed E-state index contributed by atoms with van der Waals surface area (Å²) in [6, 6.07) is 9.69. The Bertz CT molecular complexity index is 901. The highest BCUT2D eigenvalue weighted by Gasteiger charge is 2.24. The number of hydrogen-bond donors (Lipinski definition) is 1. The van der Waals surface area contributed by atoms with Crippen molar-refractivity contribution in [2.45, 2.75) is 25.4 Å². The molecular formula is C17H19N5O2. The van der Waals surface area contributed by atoms with Crippen molar-refractivity contribution in [3.63, 3.8) is 0 Å². The molecule has 1 aliphatic heterocycles. The third kappa shape index (κ3) is 2.62. The Morgan fingerprint density at radius 3 is 2.75 bits per heavy atom. The molecule has 1 aromatic carbocycles. The maximum atomic E-state index is 12.6. The number of aromatic amines is 1. The first-order chi connectivity index (χ1) is 11.7. The molecule has 0 unspecified atom stereocenters. The van der Waals surface area contributed by atoms with Crippen molar-refractivity contribution in [1.82, 2.24) is 24.2 Å². The molecule has 124 valence electrons. The van der Waals surface area contributed by atoms with E-state index in [4.69, 9.17) is 0 Å². The van der Waals surface area contributed by atoms with E-state index in [-0.39, 0.29) is 18.1 Å². The molecular weight excluding hydrogens is 306 g/mol. The highest BCUT2D eigenvalue weighted by molar-refractivity contribution is 5.80. The molecule has 7 nitrogen and oxygen atoms in total. The molecule has 3 aromatic rings. The zero-order valence-electron chi connectivity index (χ0n) is 13.3. The van der Waals surface area contributed by atoms with Crippen LogP contribution in [0.5, 0.6) is 0 Å². The lowest BCUT2D eigenvalue weighted by Gasteiger charge is -2.32. The number of piperidine rings is 1. The summed E-state index contributed by atoms with van der Waals surface area (Å²) in [6.07, 6.45) is 5.51. The number of rotatable bonds is 3. The van der Waals surface area contributed by atoms with Gasteiger partial charge in [0.25, 0.3) is 0 Å². The average molecular weight is 325 g/mol. The zero-order valence-corrected chi connectivity index (χ0v) is 13.3. The van der Waals surface area contributed by atoms with Crippen LogP contribution in [0.4, 0.5) is 0 Å². The number of H-pyrrole nitrogens is 1. The van der Waals surface area contributed by atoms with E-state index >= 15 is 0 Å². The van der Waals surface area contributed by atoms with Gasteiger partial charge in [0.1, 0.15) is 6.54 Å². The second-order valence-electron chi connectivity index (χ2n) is 6.13. The number of nitrogens with one attached hydrogen (secondary N) is 1. The summed E-state index contributed by atoms with van der Waals surface area (Å²) in [6.45, 7) is 1.47. The van der Waals surface area contributed by atoms with Gasteiger partial charge in [0.15, 0.2) is 0 Å². The molecule has 1 saturated heterocycles. The third-order valence-electron chi connectivity index (χ3n) is 4.69. The van der Waals surface area contributed by atoms with Gasteiger partial charge in [-0.15, -0.1) is 0 Å². The molecule has 1 aliphatic rings.